The van der Waals surface area contributed by atoms with Crippen LogP contribution in [0.25, 0.3) is 0 Å². The van der Waals surface area contributed by atoms with Crippen molar-refractivity contribution in [2.45, 2.75) is 32.6 Å². The Kier molecular flexibility index (Phi) is 2.98. The molecule has 18 heavy (non-hydrogen) atoms. The number of Topliss-reactive ketones (excluding diaryl/α,β-unsaturated/α-hetero) is 1. The minimum atomic E-state index is 0.242. The number of fused-ring (bicyclic) bond motifs is 2. The van der Waals surface area contributed by atoms with Crippen molar-refractivity contribution in [3.05, 3.63) is 23.3 Å². The molecule has 1 aromatic rings. The number of ketones is 1. The average molecular weight is 246 g/mol. The summed E-state index contributed by atoms with van der Waals surface area (Å²) in [6.07, 6.45) is 3.68. The summed E-state index contributed by atoms with van der Waals surface area (Å²) in [6, 6.07) is 3.89. The first-order valence-corrected chi connectivity index (χ1v) is 6.70. The van der Waals surface area contributed by atoms with Gasteiger partial charge in [-0.1, -0.05) is 6.92 Å². The summed E-state index contributed by atoms with van der Waals surface area (Å²) in [5.41, 5.74) is 1.96. The van der Waals surface area contributed by atoms with E-state index < -0.39 is 0 Å². The largest absolute Gasteiger partial charge is 0.489 e. The number of ether oxygens (including phenoxy) is 2. The summed E-state index contributed by atoms with van der Waals surface area (Å²) in [5.74, 6) is 2.15. The third-order valence-corrected chi connectivity index (χ3v) is 3.62. The molecule has 1 unspecified atom stereocenters. The van der Waals surface area contributed by atoms with Gasteiger partial charge in [0, 0.05) is 17.9 Å². The Morgan fingerprint density at radius 3 is 2.50 bits per heavy atom. The van der Waals surface area contributed by atoms with Crippen molar-refractivity contribution in [2.75, 3.05) is 13.2 Å². The molecular weight excluding hydrogens is 228 g/mol. The molecule has 1 aromatic carbocycles. The second kappa shape index (κ2) is 4.63. The summed E-state index contributed by atoms with van der Waals surface area (Å²) >= 11 is 0. The maximum absolute atomic E-state index is 12.0. The Hall–Kier alpha value is -1.51. The molecule has 0 bridgehead atoms. The van der Waals surface area contributed by atoms with Crippen molar-refractivity contribution in [3.63, 3.8) is 0 Å². The SMILES string of the molecule is CC1COc2cc3c(cc2OC1)C(=O)CCCC3. The lowest BCUT2D eigenvalue weighted by Crippen LogP contribution is -2.12. The van der Waals surface area contributed by atoms with Gasteiger partial charge in [-0.2, -0.15) is 0 Å². The van der Waals surface area contributed by atoms with Gasteiger partial charge in [0.25, 0.3) is 0 Å². The molecule has 2 aliphatic rings. The monoisotopic (exact) mass is 246 g/mol. The van der Waals surface area contributed by atoms with Crippen LogP contribution in [0.1, 0.15) is 42.1 Å². The Balaban J connectivity index is 2.02. The molecule has 3 rings (SSSR count). The van der Waals surface area contributed by atoms with E-state index in [4.69, 9.17) is 9.47 Å². The van der Waals surface area contributed by atoms with Crippen LogP contribution in [0, 0.1) is 5.92 Å². The maximum Gasteiger partial charge on any atom is 0.163 e. The van der Waals surface area contributed by atoms with Gasteiger partial charge in [-0.3, -0.25) is 4.79 Å². The van der Waals surface area contributed by atoms with Crippen molar-refractivity contribution < 1.29 is 14.3 Å². The van der Waals surface area contributed by atoms with Crippen molar-refractivity contribution in [1.82, 2.24) is 0 Å². The summed E-state index contributed by atoms with van der Waals surface area (Å²) < 4.78 is 11.5. The molecule has 3 nitrogen and oxygen atoms in total. The molecule has 96 valence electrons. The fraction of sp³-hybridized carbons (Fsp3) is 0.533. The van der Waals surface area contributed by atoms with Crippen LogP contribution < -0.4 is 9.47 Å². The van der Waals surface area contributed by atoms with Gasteiger partial charge in [-0.25, -0.2) is 0 Å². The molecule has 0 saturated carbocycles. The predicted molar refractivity (Wildman–Crippen MR) is 68.5 cm³/mol. The molecule has 1 atom stereocenters. The van der Waals surface area contributed by atoms with Gasteiger partial charge in [-0.05, 0) is 37.0 Å². The number of benzene rings is 1. The van der Waals surface area contributed by atoms with E-state index in [2.05, 4.69) is 6.92 Å². The normalized spacial score (nSPS) is 22.9. The Bertz CT molecular complexity index is 479. The molecule has 1 heterocycles. The predicted octanol–water partition coefficient (Wildman–Crippen LogP) is 3.00. The van der Waals surface area contributed by atoms with E-state index in [0.29, 0.717) is 25.6 Å². The molecule has 0 aromatic heterocycles. The molecule has 0 spiro atoms. The van der Waals surface area contributed by atoms with Gasteiger partial charge in [-0.15, -0.1) is 0 Å². The van der Waals surface area contributed by atoms with E-state index in [0.717, 1.165) is 41.9 Å². The number of carbonyl (C=O) groups excluding carboxylic acids is 1. The first kappa shape index (κ1) is 11.6. The van der Waals surface area contributed by atoms with E-state index in [1.54, 1.807) is 0 Å². The van der Waals surface area contributed by atoms with Crippen molar-refractivity contribution >= 4 is 5.78 Å². The molecule has 0 N–H and O–H groups in total. The molecule has 1 aliphatic heterocycles. The lowest BCUT2D eigenvalue weighted by atomic mass is 10.0. The minimum Gasteiger partial charge on any atom is -0.489 e. The quantitative estimate of drug-likeness (QED) is 0.660. The molecule has 1 aliphatic carbocycles. The van der Waals surface area contributed by atoms with Gasteiger partial charge in [0.05, 0.1) is 13.2 Å². The Morgan fingerprint density at radius 2 is 1.72 bits per heavy atom. The standard InChI is InChI=1S/C15H18O3/c1-10-8-17-14-6-11-4-2-3-5-13(16)12(11)7-15(14)18-9-10/h6-7,10H,2-5,8-9H2,1H3. The zero-order valence-electron chi connectivity index (χ0n) is 10.7. The molecule has 0 radical (unpaired) electrons. The van der Waals surface area contributed by atoms with Gasteiger partial charge < -0.3 is 9.47 Å². The summed E-state index contributed by atoms with van der Waals surface area (Å²) in [4.78, 5) is 12.0. The van der Waals surface area contributed by atoms with E-state index >= 15 is 0 Å². The van der Waals surface area contributed by atoms with Gasteiger partial charge in [0.15, 0.2) is 17.3 Å². The van der Waals surface area contributed by atoms with Crippen LogP contribution in [0.4, 0.5) is 0 Å². The second-order valence-electron chi connectivity index (χ2n) is 5.31. The number of rotatable bonds is 0. The van der Waals surface area contributed by atoms with E-state index in [1.165, 1.54) is 0 Å². The number of aryl methyl sites for hydroxylation is 1. The summed E-state index contributed by atoms with van der Waals surface area (Å²) in [5, 5.41) is 0. The van der Waals surface area contributed by atoms with Crippen LogP contribution in [-0.2, 0) is 6.42 Å². The van der Waals surface area contributed by atoms with Crippen molar-refractivity contribution in [2.24, 2.45) is 5.92 Å². The number of hydrogen-bond donors (Lipinski definition) is 0. The van der Waals surface area contributed by atoms with Crippen LogP contribution in [-0.4, -0.2) is 19.0 Å². The minimum absolute atomic E-state index is 0.242. The highest BCUT2D eigenvalue weighted by Crippen LogP contribution is 2.35. The first-order chi connectivity index (χ1) is 8.74. The lowest BCUT2D eigenvalue weighted by molar-refractivity contribution is 0.0981. The van der Waals surface area contributed by atoms with Crippen molar-refractivity contribution in [3.8, 4) is 11.5 Å². The van der Waals surface area contributed by atoms with E-state index in [9.17, 15) is 4.79 Å². The average Bonchev–Trinajstić information content (AvgIpc) is 2.66. The molecular formula is C15H18O3. The smallest absolute Gasteiger partial charge is 0.163 e. The fourth-order valence-corrected chi connectivity index (χ4v) is 2.54. The maximum atomic E-state index is 12.0. The van der Waals surface area contributed by atoms with E-state index in [-0.39, 0.29) is 5.78 Å². The van der Waals surface area contributed by atoms with Crippen LogP contribution in [0.2, 0.25) is 0 Å². The van der Waals surface area contributed by atoms with E-state index in [1.807, 2.05) is 12.1 Å². The fourth-order valence-electron chi connectivity index (χ4n) is 2.54. The zero-order chi connectivity index (χ0) is 12.5. The van der Waals surface area contributed by atoms with Gasteiger partial charge in [0.2, 0.25) is 0 Å². The highest BCUT2D eigenvalue weighted by Gasteiger charge is 2.22. The highest BCUT2D eigenvalue weighted by atomic mass is 16.5. The highest BCUT2D eigenvalue weighted by molar-refractivity contribution is 5.98. The number of hydrogen-bond acceptors (Lipinski definition) is 3. The molecule has 0 fully saturated rings. The van der Waals surface area contributed by atoms with Crippen LogP contribution in [0.5, 0.6) is 11.5 Å². The van der Waals surface area contributed by atoms with Crippen molar-refractivity contribution in [1.29, 1.82) is 0 Å². The lowest BCUT2D eigenvalue weighted by Gasteiger charge is -2.11. The Morgan fingerprint density at radius 1 is 1.06 bits per heavy atom. The van der Waals surface area contributed by atoms with Crippen LogP contribution in [0.3, 0.4) is 0 Å². The van der Waals surface area contributed by atoms with Crippen LogP contribution in [0.15, 0.2) is 12.1 Å². The zero-order valence-corrected chi connectivity index (χ0v) is 10.7. The third kappa shape index (κ3) is 2.09. The number of carbonyl (C=O) groups is 1. The molecule has 0 saturated heterocycles. The Labute approximate surface area is 107 Å². The third-order valence-electron chi connectivity index (χ3n) is 3.62. The van der Waals surface area contributed by atoms with Gasteiger partial charge >= 0.3 is 0 Å². The topological polar surface area (TPSA) is 35.5 Å². The van der Waals surface area contributed by atoms with Gasteiger partial charge in [0.1, 0.15) is 0 Å². The van der Waals surface area contributed by atoms with Crippen LogP contribution >= 0.6 is 0 Å². The molecule has 0 amide bonds. The first-order valence-electron chi connectivity index (χ1n) is 6.70. The molecule has 3 heteroatoms. The summed E-state index contributed by atoms with van der Waals surface area (Å²) in [7, 11) is 0. The summed E-state index contributed by atoms with van der Waals surface area (Å²) in [6.45, 7) is 3.43. The second-order valence-corrected chi connectivity index (χ2v) is 5.31.